The molecule has 120 valence electrons. The number of nitrogens with one attached hydrogen (secondary N) is 1. The number of halogens is 3. The predicted octanol–water partition coefficient (Wildman–Crippen LogP) is 5.01. The van der Waals surface area contributed by atoms with Crippen LogP contribution in [0.4, 0.5) is 5.82 Å². The van der Waals surface area contributed by atoms with E-state index >= 15 is 0 Å². The Morgan fingerprint density at radius 3 is 2.55 bits per heavy atom. The SMILES string of the molecule is Cc1cccc(NC(=O)[C@]23CC[C@](C(Br)Br)([C@@H]2Br)C3(C)C)n1. The molecule has 3 nitrogen and oxygen atoms in total. The molecule has 6 heteroatoms. The summed E-state index contributed by atoms with van der Waals surface area (Å²) in [5, 5.41) is 3.03. The topological polar surface area (TPSA) is 42.0 Å². The molecular weight excluding hydrogens is 476 g/mol. The van der Waals surface area contributed by atoms with Crippen LogP contribution in [0.5, 0.6) is 0 Å². The van der Waals surface area contributed by atoms with Gasteiger partial charge >= 0.3 is 0 Å². The zero-order chi connectivity index (χ0) is 16.3. The van der Waals surface area contributed by atoms with E-state index in [0.29, 0.717) is 5.82 Å². The van der Waals surface area contributed by atoms with Gasteiger partial charge in [-0.1, -0.05) is 67.7 Å². The number of alkyl halides is 3. The van der Waals surface area contributed by atoms with Gasteiger partial charge in [0.05, 0.1) is 9.15 Å². The third kappa shape index (κ3) is 1.83. The Kier molecular flexibility index (Phi) is 4.06. The van der Waals surface area contributed by atoms with Crippen LogP contribution in [0, 0.1) is 23.2 Å². The molecule has 4 rings (SSSR count). The molecule has 22 heavy (non-hydrogen) atoms. The van der Waals surface area contributed by atoms with E-state index < -0.39 is 5.41 Å². The lowest BCUT2D eigenvalue weighted by Crippen LogP contribution is -2.71. The van der Waals surface area contributed by atoms with Gasteiger partial charge in [-0.3, -0.25) is 4.79 Å². The molecule has 0 saturated heterocycles. The van der Waals surface area contributed by atoms with E-state index in [1.54, 1.807) is 0 Å². The first-order valence-corrected chi connectivity index (χ1v) is 10.1. The van der Waals surface area contributed by atoms with Crippen molar-refractivity contribution < 1.29 is 4.79 Å². The third-order valence-electron chi connectivity index (χ3n) is 6.02. The highest BCUT2D eigenvalue weighted by atomic mass is 79.9. The Bertz CT molecular complexity index is 634. The first-order chi connectivity index (χ1) is 10.2. The number of amides is 1. The molecule has 1 amide bonds. The third-order valence-corrected chi connectivity index (χ3v) is 9.25. The summed E-state index contributed by atoms with van der Waals surface area (Å²) >= 11 is 11.2. The van der Waals surface area contributed by atoms with Crippen LogP contribution in [0.25, 0.3) is 0 Å². The van der Waals surface area contributed by atoms with E-state index in [9.17, 15) is 4.79 Å². The van der Waals surface area contributed by atoms with E-state index in [4.69, 9.17) is 0 Å². The van der Waals surface area contributed by atoms with Crippen LogP contribution < -0.4 is 5.32 Å². The van der Waals surface area contributed by atoms with Crippen LogP contribution in [0.1, 0.15) is 32.4 Å². The Balaban J connectivity index is 1.91. The molecule has 3 fully saturated rings. The van der Waals surface area contributed by atoms with Gasteiger partial charge in [0.2, 0.25) is 5.91 Å². The second kappa shape index (κ2) is 5.28. The van der Waals surface area contributed by atoms with E-state index in [1.807, 2.05) is 25.1 Å². The van der Waals surface area contributed by atoms with E-state index in [1.165, 1.54) is 0 Å². The van der Waals surface area contributed by atoms with Gasteiger partial charge in [-0.05, 0) is 37.3 Å². The Morgan fingerprint density at radius 1 is 1.36 bits per heavy atom. The van der Waals surface area contributed by atoms with Crippen LogP contribution in [-0.2, 0) is 4.79 Å². The molecule has 0 aromatic carbocycles. The van der Waals surface area contributed by atoms with Gasteiger partial charge < -0.3 is 5.32 Å². The fraction of sp³-hybridized carbons (Fsp3) is 0.625. The molecule has 3 saturated carbocycles. The lowest BCUT2D eigenvalue weighted by Gasteiger charge is -2.66. The predicted molar refractivity (Wildman–Crippen MR) is 99.8 cm³/mol. The number of rotatable bonds is 3. The van der Waals surface area contributed by atoms with E-state index in [-0.39, 0.29) is 25.3 Å². The van der Waals surface area contributed by atoms with Crippen molar-refractivity contribution in [1.82, 2.24) is 4.98 Å². The van der Waals surface area contributed by atoms with Gasteiger partial charge in [-0.25, -0.2) is 4.98 Å². The van der Waals surface area contributed by atoms with Crippen molar-refractivity contribution in [1.29, 1.82) is 0 Å². The van der Waals surface area contributed by atoms with Gasteiger partial charge in [-0.2, -0.15) is 0 Å². The summed E-state index contributed by atoms with van der Waals surface area (Å²) in [6, 6.07) is 5.69. The standard InChI is InChI=1S/C16H19Br3N2O/c1-9-5-4-6-10(20-9)21-13(22)16-8-7-15(11(16)17,12(18)19)14(16,2)3/h4-6,11-12H,7-8H2,1-3H3,(H,20,21,22)/t11-,15+,16-/m0/s1. The van der Waals surface area contributed by atoms with Crippen molar-refractivity contribution in [3.05, 3.63) is 23.9 Å². The van der Waals surface area contributed by atoms with Gasteiger partial charge in [-0.15, -0.1) is 0 Å². The number of anilines is 1. The lowest BCUT2D eigenvalue weighted by molar-refractivity contribution is -0.155. The Hall–Kier alpha value is 0.0600. The summed E-state index contributed by atoms with van der Waals surface area (Å²) in [5.41, 5.74) is 0.461. The minimum atomic E-state index is -0.391. The second-order valence-electron chi connectivity index (χ2n) is 6.92. The minimum Gasteiger partial charge on any atom is -0.310 e. The molecule has 3 atom stereocenters. The van der Waals surface area contributed by atoms with Gasteiger partial charge in [0, 0.05) is 15.9 Å². The molecule has 0 aliphatic heterocycles. The van der Waals surface area contributed by atoms with E-state index in [0.717, 1.165) is 18.5 Å². The molecule has 3 aliphatic carbocycles. The summed E-state index contributed by atoms with van der Waals surface area (Å²) in [4.78, 5) is 17.6. The number of nitrogens with zero attached hydrogens (tertiary/aromatic N) is 1. The maximum atomic E-state index is 13.1. The van der Waals surface area contributed by atoms with Gasteiger partial charge in [0.1, 0.15) is 5.82 Å². The fourth-order valence-electron chi connectivity index (χ4n) is 4.54. The molecule has 1 heterocycles. The van der Waals surface area contributed by atoms with E-state index in [2.05, 4.69) is 71.9 Å². The zero-order valence-electron chi connectivity index (χ0n) is 12.8. The van der Waals surface area contributed by atoms with Crippen LogP contribution in [0.15, 0.2) is 18.2 Å². The second-order valence-corrected chi connectivity index (χ2v) is 10.9. The molecule has 1 N–H and O–H groups in total. The molecule has 1 aromatic heterocycles. The maximum absolute atomic E-state index is 13.1. The molecule has 0 radical (unpaired) electrons. The number of hydrogen-bond acceptors (Lipinski definition) is 2. The van der Waals surface area contributed by atoms with Crippen molar-refractivity contribution in [2.45, 2.75) is 42.2 Å². The smallest absolute Gasteiger partial charge is 0.233 e. The van der Waals surface area contributed by atoms with Crippen LogP contribution >= 0.6 is 47.8 Å². The number of carbonyl (C=O) groups excluding carboxylic acids is 1. The zero-order valence-corrected chi connectivity index (χ0v) is 17.5. The highest BCUT2D eigenvalue weighted by Gasteiger charge is 2.83. The van der Waals surface area contributed by atoms with Crippen molar-refractivity contribution in [3.8, 4) is 0 Å². The minimum absolute atomic E-state index is 0.0460. The number of pyridine rings is 1. The summed E-state index contributed by atoms with van der Waals surface area (Å²) in [7, 11) is 0. The fourth-order valence-corrected chi connectivity index (χ4v) is 9.45. The quantitative estimate of drug-likeness (QED) is 0.600. The number of hydrogen-bond donors (Lipinski definition) is 1. The number of carbonyl (C=O) groups is 1. The highest BCUT2D eigenvalue weighted by molar-refractivity contribution is 9.24. The Morgan fingerprint density at radius 2 is 2.05 bits per heavy atom. The van der Waals surface area contributed by atoms with Crippen LogP contribution in [0.2, 0.25) is 0 Å². The van der Waals surface area contributed by atoms with Crippen molar-refractivity contribution in [3.63, 3.8) is 0 Å². The normalized spacial score (nSPS) is 35.3. The van der Waals surface area contributed by atoms with Crippen LogP contribution in [0.3, 0.4) is 0 Å². The number of fused-ring (bicyclic) bond motifs is 1. The molecule has 0 unspecified atom stereocenters. The number of aromatic nitrogens is 1. The molecule has 0 spiro atoms. The van der Waals surface area contributed by atoms with Crippen molar-refractivity contribution in [2.75, 3.05) is 5.32 Å². The summed E-state index contributed by atoms with van der Waals surface area (Å²) in [5.74, 6) is 0.708. The average molecular weight is 495 g/mol. The summed E-state index contributed by atoms with van der Waals surface area (Å²) < 4.78 is 0.187. The lowest BCUT2D eigenvalue weighted by atomic mass is 9.43. The Labute approximate surface area is 156 Å². The highest BCUT2D eigenvalue weighted by Crippen LogP contribution is 2.82. The molecule has 2 bridgehead atoms. The summed E-state index contributed by atoms with van der Waals surface area (Å²) in [6.07, 6.45) is 1.91. The van der Waals surface area contributed by atoms with Crippen molar-refractivity contribution in [2.24, 2.45) is 16.2 Å². The summed E-state index contributed by atoms with van der Waals surface area (Å²) in [6.45, 7) is 6.34. The molecular formula is C16H19Br3N2O. The maximum Gasteiger partial charge on any atom is 0.233 e. The number of aryl methyl sites for hydroxylation is 1. The average Bonchev–Trinajstić information content (AvgIpc) is 2.88. The first-order valence-electron chi connectivity index (χ1n) is 7.37. The van der Waals surface area contributed by atoms with Gasteiger partial charge in [0.25, 0.3) is 0 Å². The van der Waals surface area contributed by atoms with Crippen molar-refractivity contribution >= 4 is 59.5 Å². The van der Waals surface area contributed by atoms with Gasteiger partial charge in [0.15, 0.2) is 0 Å². The monoisotopic (exact) mass is 492 g/mol. The first kappa shape index (κ1) is 16.9. The molecule has 3 aliphatic rings. The van der Waals surface area contributed by atoms with Crippen LogP contribution in [-0.4, -0.2) is 19.5 Å². The largest absolute Gasteiger partial charge is 0.310 e. The molecule has 1 aromatic rings.